The second kappa shape index (κ2) is 16.2. The number of nitrogens with zero attached hydrogens (tertiary/aromatic N) is 5. The van der Waals surface area contributed by atoms with Gasteiger partial charge < -0.3 is 29.2 Å². The first-order valence-corrected chi connectivity index (χ1v) is 16.3. The zero-order chi connectivity index (χ0) is 35.1. The Morgan fingerprint density at radius 3 is 2.29 bits per heavy atom. The summed E-state index contributed by atoms with van der Waals surface area (Å²) in [6, 6.07) is 13.1. The molecule has 13 heteroatoms. The summed E-state index contributed by atoms with van der Waals surface area (Å²) >= 11 is 6.19. The zero-order valence-electron chi connectivity index (χ0n) is 28.7. The largest absolute Gasteiger partial charge is 0.493 e. The molecule has 3 aromatic carbocycles. The first-order chi connectivity index (χ1) is 23.5. The number of methoxy groups -OCH3 is 2. The maximum atomic E-state index is 14.9. The van der Waals surface area contributed by atoms with Crippen molar-refractivity contribution in [1.29, 1.82) is 0 Å². The van der Waals surface area contributed by atoms with Gasteiger partial charge in [0.2, 0.25) is 11.7 Å². The molecule has 2 heterocycles. The lowest BCUT2D eigenvalue weighted by Crippen LogP contribution is -2.45. The number of likely N-dealkylation sites (N-methyl/N-ethyl adjacent to an activating group) is 1. The molecular weight excluding hydrogens is 651 g/mol. The first-order valence-electron chi connectivity index (χ1n) is 16.0. The van der Waals surface area contributed by atoms with E-state index >= 15 is 0 Å². The molecule has 5 rings (SSSR count). The summed E-state index contributed by atoms with van der Waals surface area (Å²) in [5.41, 5.74) is 3.36. The molecule has 4 aromatic rings. The third kappa shape index (κ3) is 9.08. The lowest BCUT2D eigenvalue weighted by atomic mass is 10.1. The quantitative estimate of drug-likeness (QED) is 0.171. The smallest absolute Gasteiger partial charge is 0.421 e. The standard InChI is InChI=1S/C36H42ClFN6O5/c1-23-17-24(2)33(25(3)18-23)49-36(45)44(22-26-19-27(37)7-8-29(26)38)32-9-10-39-35(41-32)40-28-20-30(46-5)34(31(21-28)47-6)48-16-15-43-13-11-42(4)12-14-43/h7-10,17-21H,11-16,22H2,1-6H3,(H,39,40,41). The Bertz CT molecular complexity index is 1740. The van der Waals surface area contributed by atoms with Crippen molar-refractivity contribution in [2.24, 2.45) is 0 Å². The van der Waals surface area contributed by atoms with Gasteiger partial charge in [0.05, 0.1) is 20.8 Å². The SMILES string of the molecule is COc1cc(Nc2nccc(N(Cc3cc(Cl)ccc3F)C(=O)Oc3c(C)cc(C)cc3C)n2)cc(OC)c1OCCN1CCN(C)CC1. The van der Waals surface area contributed by atoms with Crippen LogP contribution in [0.4, 0.5) is 26.6 Å². The van der Waals surface area contributed by atoms with E-state index in [1.807, 2.05) is 32.9 Å². The van der Waals surface area contributed by atoms with Crippen LogP contribution in [-0.4, -0.2) is 86.5 Å². The van der Waals surface area contributed by atoms with Gasteiger partial charge in [-0.3, -0.25) is 9.80 Å². The number of hydrogen-bond acceptors (Lipinski definition) is 10. The first kappa shape index (κ1) is 35.7. The second-order valence-corrected chi connectivity index (χ2v) is 12.4. The molecule has 0 radical (unpaired) electrons. The van der Waals surface area contributed by atoms with Crippen molar-refractivity contribution in [1.82, 2.24) is 19.8 Å². The topological polar surface area (TPSA) is 102 Å². The molecule has 0 unspecified atom stereocenters. The van der Waals surface area contributed by atoms with Crippen LogP contribution in [0.5, 0.6) is 23.0 Å². The summed E-state index contributed by atoms with van der Waals surface area (Å²) in [6.07, 6.45) is 0.742. The molecular formula is C36H42ClFN6O5. The summed E-state index contributed by atoms with van der Waals surface area (Å²) in [5, 5.41) is 3.49. The van der Waals surface area contributed by atoms with Gasteiger partial charge in [-0.15, -0.1) is 0 Å². The van der Waals surface area contributed by atoms with E-state index in [1.165, 1.54) is 29.3 Å². The molecule has 1 aromatic heterocycles. The van der Waals surface area contributed by atoms with Crippen LogP contribution in [-0.2, 0) is 6.54 Å². The molecule has 1 fully saturated rings. The minimum absolute atomic E-state index is 0.164. The summed E-state index contributed by atoms with van der Waals surface area (Å²) < 4.78 is 38.3. The maximum Gasteiger partial charge on any atom is 0.421 e. The predicted octanol–water partition coefficient (Wildman–Crippen LogP) is 6.79. The number of carbonyl (C=O) groups is 1. The number of anilines is 3. The molecule has 1 amide bonds. The highest BCUT2D eigenvalue weighted by molar-refractivity contribution is 6.30. The van der Waals surface area contributed by atoms with E-state index in [0.717, 1.165) is 49.4 Å². The summed E-state index contributed by atoms with van der Waals surface area (Å²) in [5.74, 6) is 1.64. The molecule has 11 nitrogen and oxygen atoms in total. The van der Waals surface area contributed by atoms with Crippen LogP contribution in [0.3, 0.4) is 0 Å². The summed E-state index contributed by atoms with van der Waals surface area (Å²) in [7, 11) is 5.23. The highest BCUT2D eigenvalue weighted by Crippen LogP contribution is 2.41. The molecule has 1 N–H and O–H groups in total. The number of ether oxygens (including phenoxy) is 4. The number of rotatable bonds is 12. The van der Waals surface area contributed by atoms with Crippen molar-refractivity contribution in [2.75, 3.05) is 70.8 Å². The Morgan fingerprint density at radius 2 is 1.63 bits per heavy atom. The summed E-state index contributed by atoms with van der Waals surface area (Å²) in [6.45, 7) is 10.8. The van der Waals surface area contributed by atoms with Gasteiger partial charge in [0.15, 0.2) is 11.5 Å². The highest BCUT2D eigenvalue weighted by Gasteiger charge is 2.24. The fourth-order valence-electron chi connectivity index (χ4n) is 5.68. The zero-order valence-corrected chi connectivity index (χ0v) is 29.4. The Kier molecular flexibility index (Phi) is 11.8. The van der Waals surface area contributed by atoms with Gasteiger partial charge in [0.1, 0.15) is 24.0 Å². The van der Waals surface area contributed by atoms with Crippen LogP contribution in [0.1, 0.15) is 22.3 Å². The molecule has 1 saturated heterocycles. The van der Waals surface area contributed by atoms with Gasteiger partial charge >= 0.3 is 6.09 Å². The maximum absolute atomic E-state index is 14.9. The monoisotopic (exact) mass is 692 g/mol. The number of benzene rings is 3. The lowest BCUT2D eigenvalue weighted by Gasteiger charge is -2.32. The molecule has 0 bridgehead atoms. The van der Waals surface area contributed by atoms with Gasteiger partial charge in [-0.2, -0.15) is 4.98 Å². The van der Waals surface area contributed by atoms with E-state index in [1.54, 1.807) is 32.4 Å². The van der Waals surface area contributed by atoms with E-state index < -0.39 is 11.9 Å². The number of nitrogens with one attached hydrogen (secondary N) is 1. The molecule has 1 aliphatic rings. The van der Waals surface area contributed by atoms with Crippen molar-refractivity contribution in [3.63, 3.8) is 0 Å². The van der Waals surface area contributed by atoms with Crippen LogP contribution in [0.2, 0.25) is 5.02 Å². The predicted molar refractivity (Wildman–Crippen MR) is 189 cm³/mol. The molecule has 0 saturated carbocycles. The van der Waals surface area contributed by atoms with Crippen LogP contribution in [0.25, 0.3) is 0 Å². The minimum atomic E-state index is -0.750. The van der Waals surface area contributed by atoms with Crippen molar-refractivity contribution < 1.29 is 28.1 Å². The normalized spacial score (nSPS) is 13.6. The molecule has 260 valence electrons. The van der Waals surface area contributed by atoms with E-state index in [0.29, 0.717) is 40.3 Å². The molecule has 0 spiro atoms. The fraction of sp³-hybridized carbons (Fsp3) is 0.361. The number of halogens is 2. The lowest BCUT2D eigenvalue weighted by molar-refractivity contribution is 0.131. The van der Waals surface area contributed by atoms with Crippen LogP contribution in [0, 0.1) is 26.6 Å². The van der Waals surface area contributed by atoms with Crippen molar-refractivity contribution in [3.8, 4) is 23.0 Å². The molecule has 49 heavy (non-hydrogen) atoms. The number of carbonyl (C=O) groups excluding carboxylic acids is 1. The van der Waals surface area contributed by atoms with Crippen molar-refractivity contribution in [3.05, 3.63) is 87.8 Å². The van der Waals surface area contributed by atoms with E-state index in [2.05, 4.69) is 32.1 Å². The van der Waals surface area contributed by atoms with Crippen LogP contribution in [0.15, 0.2) is 54.7 Å². The van der Waals surface area contributed by atoms with E-state index in [9.17, 15) is 9.18 Å². The van der Waals surface area contributed by atoms with Crippen molar-refractivity contribution in [2.45, 2.75) is 27.3 Å². The van der Waals surface area contributed by atoms with E-state index in [-0.39, 0.29) is 23.9 Å². The molecule has 0 atom stereocenters. The Labute approximate surface area is 291 Å². The van der Waals surface area contributed by atoms with Gasteiger partial charge in [0, 0.05) is 67.3 Å². The number of hydrogen-bond donors (Lipinski definition) is 1. The average Bonchev–Trinajstić information content (AvgIpc) is 3.07. The Morgan fingerprint density at radius 1 is 0.959 bits per heavy atom. The number of amides is 1. The Balaban J connectivity index is 1.39. The number of aromatic nitrogens is 2. The van der Waals surface area contributed by atoms with Crippen LogP contribution < -0.4 is 29.2 Å². The molecule has 0 aliphatic carbocycles. The van der Waals surface area contributed by atoms with Gasteiger partial charge in [-0.1, -0.05) is 29.3 Å². The van der Waals surface area contributed by atoms with Crippen molar-refractivity contribution >= 4 is 35.1 Å². The Hall–Kier alpha value is -4.65. The van der Waals surface area contributed by atoms with Gasteiger partial charge in [-0.25, -0.2) is 14.2 Å². The molecule has 1 aliphatic heterocycles. The summed E-state index contributed by atoms with van der Waals surface area (Å²) in [4.78, 5) is 28.7. The number of piperazine rings is 1. The average molecular weight is 693 g/mol. The third-order valence-corrected chi connectivity index (χ3v) is 8.47. The minimum Gasteiger partial charge on any atom is -0.493 e. The van der Waals surface area contributed by atoms with Gasteiger partial charge in [0.25, 0.3) is 0 Å². The fourth-order valence-corrected chi connectivity index (χ4v) is 5.87. The second-order valence-electron chi connectivity index (χ2n) is 12.0. The van der Waals surface area contributed by atoms with E-state index in [4.69, 9.17) is 30.5 Å². The third-order valence-electron chi connectivity index (χ3n) is 8.23. The van der Waals surface area contributed by atoms with Crippen LogP contribution >= 0.6 is 11.6 Å². The highest BCUT2D eigenvalue weighted by atomic mass is 35.5. The van der Waals surface area contributed by atoms with Gasteiger partial charge in [-0.05, 0) is 63.2 Å². The number of aryl methyl sites for hydroxylation is 3.